The molecule has 2 heteroatoms. The molecule has 3 aliphatic carbocycles. The van der Waals surface area contributed by atoms with Gasteiger partial charge in [0.2, 0.25) is 0 Å². The highest BCUT2D eigenvalue weighted by atomic mass is 15.2. The van der Waals surface area contributed by atoms with Crippen molar-refractivity contribution in [3.63, 3.8) is 0 Å². The van der Waals surface area contributed by atoms with Crippen LogP contribution in [0.1, 0.15) is 98.6 Å². The molecule has 2 heterocycles. The number of para-hydroxylation sites is 2. The van der Waals surface area contributed by atoms with Crippen molar-refractivity contribution >= 4 is 34.9 Å². The van der Waals surface area contributed by atoms with Crippen molar-refractivity contribution in [3.8, 4) is 22.3 Å². The van der Waals surface area contributed by atoms with Crippen LogP contribution in [-0.4, -0.2) is 6.54 Å². The fourth-order valence-corrected chi connectivity index (χ4v) is 11.1. The Bertz CT molecular complexity index is 2580. The van der Waals surface area contributed by atoms with Crippen LogP contribution in [0.5, 0.6) is 0 Å². The van der Waals surface area contributed by atoms with Crippen LogP contribution in [-0.2, 0) is 10.8 Å². The summed E-state index contributed by atoms with van der Waals surface area (Å²) < 4.78 is 0. The summed E-state index contributed by atoms with van der Waals surface area (Å²) in [6.45, 7) is 5.81. The average molecular weight is 739 g/mol. The van der Waals surface area contributed by atoms with Crippen LogP contribution in [0.25, 0.3) is 34.4 Å². The molecule has 11 rings (SSSR count). The third-order valence-corrected chi connectivity index (χ3v) is 14.0. The summed E-state index contributed by atoms with van der Waals surface area (Å²) in [6, 6.07) is 50.5. The zero-order chi connectivity index (χ0) is 38.1. The number of anilines is 4. The van der Waals surface area contributed by atoms with Gasteiger partial charge in [0.1, 0.15) is 0 Å². The molecule has 280 valence electrons. The Labute approximate surface area is 338 Å². The van der Waals surface area contributed by atoms with Gasteiger partial charge in [-0.2, -0.15) is 0 Å². The molecule has 57 heavy (non-hydrogen) atoms. The molecular weight excluding hydrogens is 689 g/mol. The van der Waals surface area contributed by atoms with Crippen LogP contribution in [0, 0.1) is 0 Å². The van der Waals surface area contributed by atoms with Crippen LogP contribution >= 0.6 is 0 Å². The maximum Gasteiger partial charge on any atom is 0.0502 e. The molecule has 5 aliphatic rings. The van der Waals surface area contributed by atoms with E-state index in [0.29, 0.717) is 0 Å². The van der Waals surface area contributed by atoms with Crippen LogP contribution in [0.4, 0.5) is 22.7 Å². The first kappa shape index (κ1) is 34.4. The van der Waals surface area contributed by atoms with E-state index in [2.05, 4.69) is 181 Å². The molecule has 2 aliphatic heterocycles. The van der Waals surface area contributed by atoms with Crippen molar-refractivity contribution in [3.05, 3.63) is 190 Å². The third kappa shape index (κ3) is 5.52. The molecule has 1 fully saturated rings. The predicted molar refractivity (Wildman–Crippen MR) is 241 cm³/mol. The van der Waals surface area contributed by atoms with Crippen molar-refractivity contribution in [2.75, 3.05) is 16.3 Å². The second-order valence-corrected chi connectivity index (χ2v) is 17.5. The fourth-order valence-electron chi connectivity index (χ4n) is 11.1. The number of allylic oxidation sites excluding steroid dienone is 4. The van der Waals surface area contributed by atoms with Crippen LogP contribution in [0.15, 0.2) is 157 Å². The molecule has 0 N–H and O–H groups in total. The molecule has 6 aromatic carbocycles. The fraction of sp³-hybridized carbons (Fsp3) is 0.236. The van der Waals surface area contributed by atoms with Gasteiger partial charge in [0.05, 0.1) is 11.4 Å². The minimum absolute atomic E-state index is 0.0580. The summed E-state index contributed by atoms with van der Waals surface area (Å²) in [6.07, 6.45) is 19.3. The van der Waals surface area contributed by atoms with E-state index in [9.17, 15) is 0 Å². The topological polar surface area (TPSA) is 6.48 Å². The van der Waals surface area contributed by atoms with Gasteiger partial charge in [-0.05, 0) is 136 Å². The van der Waals surface area contributed by atoms with Crippen molar-refractivity contribution in [1.29, 1.82) is 0 Å². The highest BCUT2D eigenvalue weighted by molar-refractivity contribution is 5.87. The smallest absolute Gasteiger partial charge is 0.0502 e. The van der Waals surface area contributed by atoms with E-state index >= 15 is 0 Å². The molecule has 0 bridgehead atoms. The van der Waals surface area contributed by atoms with Gasteiger partial charge in [0.15, 0.2) is 0 Å². The van der Waals surface area contributed by atoms with Gasteiger partial charge < -0.3 is 9.80 Å². The monoisotopic (exact) mass is 738 g/mol. The Morgan fingerprint density at radius 3 is 1.86 bits per heavy atom. The first-order chi connectivity index (χ1) is 28.0. The van der Waals surface area contributed by atoms with E-state index in [0.717, 1.165) is 13.0 Å². The zero-order valence-corrected chi connectivity index (χ0v) is 33.3. The summed E-state index contributed by atoms with van der Waals surface area (Å²) in [5.74, 6) is 0. The molecule has 1 saturated carbocycles. The Morgan fingerprint density at radius 1 is 0.544 bits per heavy atom. The molecule has 0 amide bonds. The second kappa shape index (κ2) is 13.4. The maximum absolute atomic E-state index is 2.65. The number of hydrogen-bond donors (Lipinski definition) is 0. The lowest BCUT2D eigenvalue weighted by molar-refractivity contribution is 0.549. The van der Waals surface area contributed by atoms with E-state index in [4.69, 9.17) is 0 Å². The normalized spacial score (nSPS) is 18.4. The summed E-state index contributed by atoms with van der Waals surface area (Å²) in [7, 11) is 0. The molecule has 0 unspecified atom stereocenters. The lowest BCUT2D eigenvalue weighted by Crippen LogP contribution is -2.30. The number of nitrogens with zero attached hydrogens (tertiary/aromatic N) is 2. The lowest BCUT2D eigenvalue weighted by Gasteiger charge is -2.42. The van der Waals surface area contributed by atoms with Gasteiger partial charge in [-0.3, -0.25) is 0 Å². The predicted octanol–water partition coefficient (Wildman–Crippen LogP) is 14.7. The molecule has 1 spiro atoms. The molecular formula is C55H50N2. The second-order valence-electron chi connectivity index (χ2n) is 17.5. The summed E-state index contributed by atoms with van der Waals surface area (Å²) in [5.41, 5.74) is 22.0. The SMILES string of the molecule is CC1(C)c2ccccc2N(c2ccc(-c3ccc(/C=C/c4ccc5c(c4)C4(CCCC4)c4cc(N6CCCC7=C6CCC=C7)ccc4-5)cc3)cc2)c2ccccc21. The highest BCUT2D eigenvalue weighted by Gasteiger charge is 2.45. The van der Waals surface area contributed by atoms with Gasteiger partial charge in [-0.15, -0.1) is 0 Å². The largest absolute Gasteiger partial charge is 0.345 e. The van der Waals surface area contributed by atoms with E-state index in [-0.39, 0.29) is 10.8 Å². The van der Waals surface area contributed by atoms with Crippen LogP contribution < -0.4 is 9.80 Å². The van der Waals surface area contributed by atoms with Crippen molar-refractivity contribution < 1.29 is 0 Å². The quantitative estimate of drug-likeness (QED) is 0.163. The van der Waals surface area contributed by atoms with Crippen LogP contribution in [0.2, 0.25) is 0 Å². The summed E-state index contributed by atoms with van der Waals surface area (Å²) in [4.78, 5) is 5.07. The molecule has 0 radical (unpaired) electrons. The van der Waals surface area contributed by atoms with E-state index in [1.54, 1.807) is 22.4 Å². The molecule has 0 aromatic heterocycles. The molecule has 6 aromatic rings. The number of fused-ring (bicyclic) bond motifs is 7. The first-order valence-electron chi connectivity index (χ1n) is 21.3. The van der Waals surface area contributed by atoms with Gasteiger partial charge >= 0.3 is 0 Å². The van der Waals surface area contributed by atoms with E-state index < -0.39 is 0 Å². The van der Waals surface area contributed by atoms with Crippen LogP contribution in [0.3, 0.4) is 0 Å². The van der Waals surface area contributed by atoms with Crippen molar-refractivity contribution in [2.45, 2.75) is 76.0 Å². The van der Waals surface area contributed by atoms with Gasteiger partial charge in [-0.1, -0.05) is 148 Å². The number of hydrogen-bond acceptors (Lipinski definition) is 2. The molecule has 0 atom stereocenters. The Kier molecular flexibility index (Phi) is 8.07. The first-order valence-corrected chi connectivity index (χ1v) is 21.3. The van der Waals surface area contributed by atoms with Crippen molar-refractivity contribution in [1.82, 2.24) is 0 Å². The Hall–Kier alpha value is -5.86. The summed E-state index contributed by atoms with van der Waals surface area (Å²) in [5, 5.41) is 0. The van der Waals surface area contributed by atoms with Crippen molar-refractivity contribution in [2.24, 2.45) is 0 Å². The lowest BCUT2D eigenvalue weighted by atomic mass is 9.73. The number of rotatable bonds is 5. The maximum atomic E-state index is 2.65. The Morgan fingerprint density at radius 2 is 1.14 bits per heavy atom. The van der Waals surface area contributed by atoms with E-state index in [1.165, 1.54) is 112 Å². The number of benzene rings is 6. The molecule has 0 saturated heterocycles. The highest BCUT2D eigenvalue weighted by Crippen LogP contribution is 2.58. The minimum atomic E-state index is -0.0580. The standard InChI is InChI=1S/C55H50N2/c1-54(2)47-14-4-7-17-52(47)57(53-18-8-5-15-48(53)54)43-28-26-41(27-29-43)40-24-21-38(22-25-40)19-20-39-23-31-45-46-32-30-44(56-35-11-13-42-12-3-6-16-51(42)56)37-50(46)55(49(45)36-39)33-9-10-34-55/h3-5,7-8,12,14-15,17-32,36-37H,6,9-11,13,16,33-35H2,1-2H3/b20-19+. The zero-order valence-electron chi connectivity index (χ0n) is 33.3. The summed E-state index contributed by atoms with van der Waals surface area (Å²) >= 11 is 0. The minimum Gasteiger partial charge on any atom is -0.345 e. The Balaban J connectivity index is 0.842. The third-order valence-electron chi connectivity index (χ3n) is 14.0. The van der Waals surface area contributed by atoms with E-state index in [1.807, 2.05) is 0 Å². The van der Waals surface area contributed by atoms with Gasteiger partial charge in [0, 0.05) is 34.4 Å². The van der Waals surface area contributed by atoms with Gasteiger partial charge in [-0.25, -0.2) is 0 Å². The molecule has 2 nitrogen and oxygen atoms in total. The van der Waals surface area contributed by atoms with Gasteiger partial charge in [0.25, 0.3) is 0 Å². The average Bonchev–Trinajstić information content (AvgIpc) is 3.86.